The van der Waals surface area contributed by atoms with Gasteiger partial charge in [0, 0.05) is 29.2 Å². The van der Waals surface area contributed by atoms with Gasteiger partial charge in [-0.15, -0.1) is 0 Å². The summed E-state index contributed by atoms with van der Waals surface area (Å²) in [6.45, 7) is 3.82. The lowest BCUT2D eigenvalue weighted by molar-refractivity contribution is 0.0130. The quantitative estimate of drug-likeness (QED) is 0.926. The third-order valence-electron chi connectivity index (χ3n) is 3.31. The van der Waals surface area contributed by atoms with Crippen molar-refractivity contribution in [1.29, 1.82) is 0 Å². The van der Waals surface area contributed by atoms with E-state index in [1.807, 2.05) is 12.1 Å². The first-order valence-electron chi connectivity index (χ1n) is 6.36. The monoisotopic (exact) mass is 313 g/mol. The van der Waals surface area contributed by atoms with Crippen molar-refractivity contribution in [2.45, 2.75) is 38.5 Å². The van der Waals surface area contributed by atoms with E-state index in [2.05, 4.69) is 34.2 Å². The highest BCUT2D eigenvalue weighted by Crippen LogP contribution is 2.23. The maximum Gasteiger partial charge on any atom is 0.123 e. The molecule has 18 heavy (non-hydrogen) atoms. The number of rotatable bonds is 4. The van der Waals surface area contributed by atoms with Crippen molar-refractivity contribution in [3.63, 3.8) is 0 Å². The number of nitrogens with one attached hydrogen (secondary N) is 1. The van der Waals surface area contributed by atoms with E-state index in [4.69, 9.17) is 9.47 Å². The van der Waals surface area contributed by atoms with Crippen LogP contribution in [0.25, 0.3) is 0 Å². The van der Waals surface area contributed by atoms with Crippen molar-refractivity contribution in [2.24, 2.45) is 0 Å². The van der Waals surface area contributed by atoms with Crippen LogP contribution in [0.1, 0.15) is 25.3 Å². The second-order valence-corrected chi connectivity index (χ2v) is 5.66. The lowest BCUT2D eigenvalue weighted by atomic mass is 10.0. The average molecular weight is 314 g/mol. The third kappa shape index (κ3) is 3.70. The van der Waals surface area contributed by atoms with Gasteiger partial charge in [-0.3, -0.25) is 0 Å². The van der Waals surface area contributed by atoms with Crippen LogP contribution in [0.2, 0.25) is 0 Å². The highest BCUT2D eigenvalue weighted by atomic mass is 79.9. The smallest absolute Gasteiger partial charge is 0.123 e. The van der Waals surface area contributed by atoms with Crippen molar-refractivity contribution in [1.82, 2.24) is 5.32 Å². The van der Waals surface area contributed by atoms with Crippen molar-refractivity contribution in [3.8, 4) is 5.75 Å². The predicted octanol–water partition coefficient (Wildman–Crippen LogP) is 3.11. The fourth-order valence-corrected chi connectivity index (χ4v) is 2.73. The number of methoxy groups -OCH3 is 1. The Bertz CT molecular complexity index is 397. The Morgan fingerprint density at radius 3 is 3.06 bits per heavy atom. The first kappa shape index (κ1) is 13.8. The lowest BCUT2D eigenvalue weighted by Crippen LogP contribution is -2.37. The molecular weight excluding hydrogens is 294 g/mol. The molecule has 0 aliphatic carbocycles. The minimum absolute atomic E-state index is 0.362. The van der Waals surface area contributed by atoms with Crippen molar-refractivity contribution >= 4 is 15.9 Å². The number of hydrogen-bond donors (Lipinski definition) is 1. The molecule has 1 heterocycles. The van der Waals surface area contributed by atoms with Gasteiger partial charge in [0.05, 0.1) is 13.2 Å². The molecule has 0 radical (unpaired) electrons. The molecule has 100 valence electrons. The van der Waals surface area contributed by atoms with Crippen LogP contribution in [0.15, 0.2) is 22.7 Å². The molecule has 0 spiro atoms. The molecule has 1 fully saturated rings. The highest BCUT2D eigenvalue weighted by Gasteiger charge is 2.19. The van der Waals surface area contributed by atoms with Crippen LogP contribution in [0.3, 0.4) is 0 Å². The maximum absolute atomic E-state index is 5.55. The standard InChI is InChI=1S/C14H20BrNO2/c1-10-7-13(5-6-18-10)16-9-11-8-12(15)3-4-14(11)17-2/h3-4,8,10,13,16H,5-7,9H2,1-2H3. The minimum atomic E-state index is 0.362. The zero-order valence-corrected chi connectivity index (χ0v) is 12.5. The molecular formula is C14H20BrNO2. The number of halogens is 1. The summed E-state index contributed by atoms with van der Waals surface area (Å²) >= 11 is 3.50. The number of ether oxygens (including phenoxy) is 2. The Morgan fingerprint density at radius 2 is 2.33 bits per heavy atom. The number of hydrogen-bond acceptors (Lipinski definition) is 3. The van der Waals surface area contributed by atoms with Gasteiger partial charge in [0.15, 0.2) is 0 Å². The van der Waals surface area contributed by atoms with Gasteiger partial charge in [-0.25, -0.2) is 0 Å². The molecule has 1 aliphatic rings. The lowest BCUT2D eigenvalue weighted by Gasteiger charge is -2.28. The molecule has 1 aromatic rings. The van der Waals surface area contributed by atoms with Crippen molar-refractivity contribution in [3.05, 3.63) is 28.2 Å². The largest absolute Gasteiger partial charge is 0.496 e. The van der Waals surface area contributed by atoms with E-state index in [-0.39, 0.29) is 0 Å². The van der Waals surface area contributed by atoms with E-state index < -0.39 is 0 Å². The van der Waals surface area contributed by atoms with E-state index in [1.165, 1.54) is 5.56 Å². The average Bonchev–Trinajstić information content (AvgIpc) is 2.37. The van der Waals surface area contributed by atoms with Gasteiger partial charge in [-0.1, -0.05) is 15.9 Å². The first-order valence-corrected chi connectivity index (χ1v) is 7.15. The fourth-order valence-electron chi connectivity index (χ4n) is 2.32. The molecule has 0 amide bonds. The molecule has 0 saturated carbocycles. The summed E-state index contributed by atoms with van der Waals surface area (Å²) in [6.07, 6.45) is 2.53. The Balaban J connectivity index is 1.94. The summed E-state index contributed by atoms with van der Waals surface area (Å²) in [7, 11) is 1.71. The zero-order valence-electron chi connectivity index (χ0n) is 10.9. The van der Waals surface area contributed by atoms with Crippen LogP contribution >= 0.6 is 15.9 Å². The molecule has 0 aromatic heterocycles. The van der Waals surface area contributed by atoms with Crippen LogP contribution in [-0.2, 0) is 11.3 Å². The Hall–Kier alpha value is -0.580. The fraction of sp³-hybridized carbons (Fsp3) is 0.571. The topological polar surface area (TPSA) is 30.5 Å². The summed E-state index contributed by atoms with van der Waals surface area (Å²) in [6, 6.07) is 6.64. The van der Waals surface area contributed by atoms with E-state index >= 15 is 0 Å². The molecule has 0 bridgehead atoms. The first-order chi connectivity index (χ1) is 8.69. The molecule has 4 heteroatoms. The zero-order chi connectivity index (χ0) is 13.0. The van der Waals surface area contributed by atoms with Gasteiger partial charge in [0.1, 0.15) is 5.75 Å². The SMILES string of the molecule is COc1ccc(Br)cc1CNC1CCOC(C)C1. The minimum Gasteiger partial charge on any atom is -0.496 e. The van der Waals surface area contributed by atoms with Gasteiger partial charge in [0.25, 0.3) is 0 Å². The Morgan fingerprint density at radius 1 is 1.50 bits per heavy atom. The van der Waals surface area contributed by atoms with E-state index in [1.54, 1.807) is 7.11 Å². The molecule has 2 atom stereocenters. The van der Waals surface area contributed by atoms with E-state index in [0.717, 1.165) is 36.2 Å². The number of benzene rings is 1. The molecule has 3 nitrogen and oxygen atoms in total. The van der Waals surface area contributed by atoms with Gasteiger partial charge in [0.2, 0.25) is 0 Å². The summed E-state index contributed by atoms with van der Waals surface area (Å²) in [5, 5.41) is 3.59. The summed E-state index contributed by atoms with van der Waals surface area (Å²) < 4.78 is 12.0. The van der Waals surface area contributed by atoms with Crippen LogP contribution in [-0.4, -0.2) is 25.9 Å². The molecule has 1 N–H and O–H groups in total. The van der Waals surface area contributed by atoms with Gasteiger partial charge in [-0.2, -0.15) is 0 Å². The van der Waals surface area contributed by atoms with Crippen LogP contribution in [0.5, 0.6) is 5.75 Å². The Kier molecular flexibility index (Phi) is 5.03. The van der Waals surface area contributed by atoms with Crippen LogP contribution in [0.4, 0.5) is 0 Å². The van der Waals surface area contributed by atoms with Gasteiger partial charge in [-0.05, 0) is 38.0 Å². The van der Waals surface area contributed by atoms with Gasteiger partial charge >= 0.3 is 0 Å². The highest BCUT2D eigenvalue weighted by molar-refractivity contribution is 9.10. The van der Waals surface area contributed by atoms with Crippen molar-refractivity contribution in [2.75, 3.05) is 13.7 Å². The molecule has 1 aromatic carbocycles. The van der Waals surface area contributed by atoms with Crippen molar-refractivity contribution < 1.29 is 9.47 Å². The normalized spacial score (nSPS) is 23.9. The predicted molar refractivity (Wildman–Crippen MR) is 76.0 cm³/mol. The maximum atomic E-state index is 5.55. The molecule has 2 rings (SSSR count). The second-order valence-electron chi connectivity index (χ2n) is 4.74. The molecule has 2 unspecified atom stereocenters. The summed E-state index contributed by atoms with van der Waals surface area (Å²) in [5.41, 5.74) is 1.19. The second kappa shape index (κ2) is 6.55. The molecule has 1 saturated heterocycles. The Labute approximate surface area is 117 Å². The van der Waals surface area contributed by atoms with E-state index in [9.17, 15) is 0 Å². The van der Waals surface area contributed by atoms with E-state index in [0.29, 0.717) is 12.1 Å². The van der Waals surface area contributed by atoms with Crippen LogP contribution < -0.4 is 10.1 Å². The van der Waals surface area contributed by atoms with Gasteiger partial charge < -0.3 is 14.8 Å². The third-order valence-corrected chi connectivity index (χ3v) is 3.80. The van der Waals surface area contributed by atoms with Crippen LogP contribution in [0, 0.1) is 0 Å². The summed E-state index contributed by atoms with van der Waals surface area (Å²) in [4.78, 5) is 0. The molecule has 1 aliphatic heterocycles. The summed E-state index contributed by atoms with van der Waals surface area (Å²) in [5.74, 6) is 0.936.